The first-order valence-corrected chi connectivity index (χ1v) is 25.7. The Balaban J connectivity index is 0. The largest absolute Gasteiger partial charge is 1.00 e. The van der Waals surface area contributed by atoms with Gasteiger partial charge in [0.25, 0.3) is 0 Å². The summed E-state index contributed by atoms with van der Waals surface area (Å²) in [5.41, 5.74) is 4.23. The maximum absolute atomic E-state index is 11.4. The number of fused-ring (bicyclic) bond motifs is 1. The van der Waals surface area contributed by atoms with Crippen molar-refractivity contribution in [1.82, 2.24) is 0 Å². The van der Waals surface area contributed by atoms with Gasteiger partial charge in [-0.25, -0.2) is 0 Å². The van der Waals surface area contributed by atoms with Crippen molar-refractivity contribution in [3.05, 3.63) is 22.3 Å². The molecule has 7 heteroatoms. The van der Waals surface area contributed by atoms with Gasteiger partial charge in [-0.15, -0.1) is 0 Å². The van der Waals surface area contributed by atoms with Crippen LogP contribution in [0.25, 0.3) is 0 Å². The van der Waals surface area contributed by atoms with Gasteiger partial charge in [0.1, 0.15) is 29.8 Å². The Kier molecular flexibility index (Phi) is 37.9. The van der Waals surface area contributed by atoms with Gasteiger partial charge >= 0.3 is 57.4 Å². The molecule has 2 rings (SSSR count). The SMILES string of the molecule is CCCCCCCCCCCCCCCCCCCCCC(=O)OCC(O)CO.Cc1c(C)c2c(c(C)c1O)CC[C@@](C)(CCC[C@H](C)CCC[C@H](C)CCCC(C)C)O2.[H-].[K+]. The fourth-order valence-corrected chi connectivity index (χ4v) is 8.94. The summed E-state index contributed by atoms with van der Waals surface area (Å²) in [5, 5.41) is 28.2. The molecule has 0 spiro atoms. The van der Waals surface area contributed by atoms with Crippen LogP contribution in [0.3, 0.4) is 0 Å². The number of ether oxygens (including phenoxy) is 2. The fourth-order valence-electron chi connectivity index (χ4n) is 8.94. The standard InChI is InChI=1S/C29H50O2.C25H50O4.K.H/c1-20(2)12-9-13-21(3)14-10-15-22(4)16-11-18-29(8)19-17-26-25(7)27(30)23(5)24(6)28(26)31-29;1-2-3-4-5-6-7-8-9-10-11-12-13-14-15-16-17-18-19-20-21-25(28)29-23-24(27)22-26;;/h20-22,30H,9-19H2,1-8H3;24,26-27H,2-23H2,1H3;;/q;;+1;-1/t21-,22-,29-;;;/m1.../s1. The number of benzene rings is 1. The Morgan fingerprint density at radius 2 is 1.11 bits per heavy atom. The van der Waals surface area contributed by atoms with E-state index in [1.54, 1.807) is 0 Å². The number of rotatable bonds is 35. The quantitative estimate of drug-likeness (QED) is 0.0357. The molecule has 6 nitrogen and oxygen atoms in total. The zero-order valence-corrected chi connectivity index (χ0v) is 45.3. The van der Waals surface area contributed by atoms with Gasteiger partial charge in [0, 0.05) is 12.0 Å². The third kappa shape index (κ3) is 29.9. The molecule has 0 amide bonds. The molecule has 1 aliphatic heterocycles. The Labute approximate surface area is 422 Å². The zero-order chi connectivity index (χ0) is 44.6. The normalized spacial score (nSPS) is 16.2. The number of carbonyl (C=O) groups is 1. The van der Waals surface area contributed by atoms with Crippen molar-refractivity contribution >= 4 is 5.97 Å². The van der Waals surface area contributed by atoms with Gasteiger partial charge in [0.05, 0.1) is 6.61 Å². The second kappa shape index (κ2) is 38.0. The molecule has 4 atom stereocenters. The molecule has 354 valence electrons. The van der Waals surface area contributed by atoms with Gasteiger partial charge in [-0.3, -0.25) is 4.79 Å². The minimum Gasteiger partial charge on any atom is -1.00 e. The molecule has 0 aromatic heterocycles. The summed E-state index contributed by atoms with van der Waals surface area (Å²) in [5.74, 6) is 3.76. The van der Waals surface area contributed by atoms with E-state index >= 15 is 0 Å². The van der Waals surface area contributed by atoms with Crippen molar-refractivity contribution in [2.45, 2.75) is 273 Å². The Bertz CT molecular complexity index is 1230. The number of aliphatic hydroxyl groups excluding tert-OH is 2. The van der Waals surface area contributed by atoms with E-state index in [0.717, 1.165) is 72.3 Å². The summed E-state index contributed by atoms with van der Waals surface area (Å²) >= 11 is 0. The predicted octanol–water partition coefficient (Wildman–Crippen LogP) is 12.7. The van der Waals surface area contributed by atoms with Crippen LogP contribution in [0.5, 0.6) is 11.5 Å². The Morgan fingerprint density at radius 1 is 0.672 bits per heavy atom. The smallest absolute Gasteiger partial charge is 1.00 e. The summed E-state index contributed by atoms with van der Waals surface area (Å²) in [4.78, 5) is 11.4. The molecule has 0 aliphatic carbocycles. The molecule has 0 bridgehead atoms. The summed E-state index contributed by atoms with van der Waals surface area (Å²) in [6.45, 7) is 19.7. The van der Waals surface area contributed by atoms with E-state index in [1.807, 2.05) is 13.8 Å². The van der Waals surface area contributed by atoms with E-state index < -0.39 is 6.10 Å². The number of hydrogen-bond acceptors (Lipinski definition) is 6. The van der Waals surface area contributed by atoms with E-state index in [4.69, 9.17) is 19.7 Å². The van der Waals surface area contributed by atoms with E-state index in [0.29, 0.717) is 12.2 Å². The number of hydrogen-bond donors (Lipinski definition) is 3. The molecule has 1 unspecified atom stereocenters. The van der Waals surface area contributed by atoms with Crippen LogP contribution < -0.4 is 56.1 Å². The van der Waals surface area contributed by atoms with Crippen LogP contribution in [0.2, 0.25) is 0 Å². The van der Waals surface area contributed by atoms with Gasteiger partial charge < -0.3 is 26.2 Å². The third-order valence-electron chi connectivity index (χ3n) is 13.5. The van der Waals surface area contributed by atoms with E-state index in [2.05, 4.69) is 48.5 Å². The minimum absolute atomic E-state index is 0. The molecule has 0 fully saturated rings. The average Bonchev–Trinajstić information content (AvgIpc) is 3.22. The second-order valence-corrected chi connectivity index (χ2v) is 20.1. The van der Waals surface area contributed by atoms with Crippen molar-refractivity contribution in [1.29, 1.82) is 0 Å². The van der Waals surface area contributed by atoms with E-state index in [-0.39, 0.29) is 77.6 Å². The van der Waals surface area contributed by atoms with E-state index in [1.165, 1.54) is 166 Å². The molecule has 61 heavy (non-hydrogen) atoms. The van der Waals surface area contributed by atoms with Crippen LogP contribution >= 0.6 is 0 Å². The molecule has 1 aromatic carbocycles. The number of phenolic OH excluding ortho intramolecular Hbond substituents is 1. The van der Waals surface area contributed by atoms with Crippen LogP contribution in [-0.2, 0) is 16.0 Å². The first kappa shape index (κ1) is 60.8. The van der Waals surface area contributed by atoms with Crippen molar-refractivity contribution < 1.29 is 82.4 Å². The molecule has 0 radical (unpaired) electrons. The number of phenols is 1. The topological polar surface area (TPSA) is 96.2 Å². The van der Waals surface area contributed by atoms with Gasteiger partial charge in [-0.1, -0.05) is 195 Å². The van der Waals surface area contributed by atoms with Crippen molar-refractivity contribution in [2.75, 3.05) is 13.2 Å². The molecule has 0 saturated carbocycles. The number of aromatic hydroxyl groups is 1. The van der Waals surface area contributed by atoms with Crippen LogP contribution in [0.15, 0.2) is 0 Å². The first-order valence-electron chi connectivity index (χ1n) is 25.7. The van der Waals surface area contributed by atoms with Crippen molar-refractivity contribution in [3.8, 4) is 11.5 Å². The van der Waals surface area contributed by atoms with Gasteiger partial charge in [0.2, 0.25) is 0 Å². The summed E-state index contributed by atoms with van der Waals surface area (Å²) in [7, 11) is 0. The summed E-state index contributed by atoms with van der Waals surface area (Å²) in [6, 6.07) is 0. The predicted molar refractivity (Wildman–Crippen MR) is 258 cm³/mol. The zero-order valence-electron chi connectivity index (χ0n) is 43.2. The molecule has 1 heterocycles. The third-order valence-corrected chi connectivity index (χ3v) is 13.5. The molecule has 3 N–H and O–H groups in total. The van der Waals surface area contributed by atoms with Gasteiger partial charge in [0.15, 0.2) is 0 Å². The maximum Gasteiger partial charge on any atom is 1.00 e. The molecule has 1 aliphatic rings. The van der Waals surface area contributed by atoms with Crippen LogP contribution in [0.1, 0.15) is 258 Å². The van der Waals surface area contributed by atoms with Gasteiger partial charge in [-0.2, -0.15) is 0 Å². The monoisotopic (exact) mass is 885 g/mol. The number of esters is 1. The Morgan fingerprint density at radius 3 is 1.57 bits per heavy atom. The molecular weight excluding hydrogens is 784 g/mol. The average molecular weight is 885 g/mol. The van der Waals surface area contributed by atoms with Crippen LogP contribution in [-0.4, -0.2) is 46.2 Å². The number of unbranched alkanes of at least 4 members (excludes halogenated alkanes) is 18. The fraction of sp³-hybridized carbons (Fsp3) is 0.870. The Hall–Kier alpha value is -0.154. The summed E-state index contributed by atoms with van der Waals surface area (Å²) < 4.78 is 11.5. The van der Waals surface area contributed by atoms with E-state index in [9.17, 15) is 9.90 Å². The first-order chi connectivity index (χ1) is 28.7. The molecular formula is C54H101KO6. The number of carbonyl (C=O) groups excluding carboxylic acids is 1. The second-order valence-electron chi connectivity index (χ2n) is 20.1. The summed E-state index contributed by atoms with van der Waals surface area (Å²) in [6.07, 6.45) is 38.9. The van der Waals surface area contributed by atoms with Crippen LogP contribution in [0.4, 0.5) is 0 Å². The minimum atomic E-state index is -0.955. The van der Waals surface area contributed by atoms with Crippen LogP contribution in [0, 0.1) is 38.5 Å². The maximum atomic E-state index is 11.4. The van der Waals surface area contributed by atoms with Crippen molar-refractivity contribution in [3.63, 3.8) is 0 Å². The van der Waals surface area contributed by atoms with Crippen molar-refractivity contribution in [2.24, 2.45) is 17.8 Å². The molecule has 0 saturated heterocycles. The number of aliphatic hydroxyl groups is 2. The van der Waals surface area contributed by atoms with Gasteiger partial charge in [-0.05, 0) is 94.2 Å². The molecule has 1 aromatic rings.